The number of rotatable bonds is 5. The second-order valence-corrected chi connectivity index (χ2v) is 4.88. The summed E-state index contributed by atoms with van der Waals surface area (Å²) in [4.78, 5) is 14.6. The lowest BCUT2D eigenvalue weighted by atomic mass is 10.3. The van der Waals surface area contributed by atoms with Crippen molar-refractivity contribution < 1.29 is 9.66 Å². The molecule has 110 valence electrons. The highest BCUT2D eigenvalue weighted by Gasteiger charge is 2.16. The van der Waals surface area contributed by atoms with E-state index >= 15 is 0 Å². The highest BCUT2D eigenvalue weighted by Crippen LogP contribution is 2.31. The van der Waals surface area contributed by atoms with Crippen LogP contribution in [0.2, 0.25) is 10.0 Å². The van der Waals surface area contributed by atoms with E-state index in [0.29, 0.717) is 16.5 Å². The minimum Gasteiger partial charge on any atom is -0.480 e. The number of benzene rings is 1. The van der Waals surface area contributed by atoms with Gasteiger partial charge in [-0.05, 0) is 24.3 Å². The molecule has 1 aromatic carbocycles. The monoisotopic (exact) mass is 327 g/mol. The van der Waals surface area contributed by atoms with Crippen LogP contribution in [0.5, 0.6) is 5.75 Å². The maximum atomic E-state index is 11.0. The first-order valence-corrected chi connectivity index (χ1v) is 6.66. The van der Waals surface area contributed by atoms with E-state index in [1.807, 2.05) is 0 Å². The van der Waals surface area contributed by atoms with Crippen LogP contribution in [-0.2, 0) is 6.61 Å². The van der Waals surface area contributed by atoms with Crippen molar-refractivity contribution in [3.05, 3.63) is 56.2 Å². The van der Waals surface area contributed by atoms with Crippen LogP contribution in [0.15, 0.2) is 30.3 Å². The Morgan fingerprint density at radius 2 is 2.10 bits per heavy atom. The maximum Gasteiger partial charge on any atom is 0.312 e. The molecule has 21 heavy (non-hydrogen) atoms. The summed E-state index contributed by atoms with van der Waals surface area (Å²) in [5.74, 6) is 0.737. The summed E-state index contributed by atoms with van der Waals surface area (Å²) < 4.78 is 5.44. The fourth-order valence-electron chi connectivity index (χ4n) is 1.63. The predicted molar refractivity (Wildman–Crippen MR) is 81.2 cm³/mol. The third-order valence-corrected chi connectivity index (χ3v) is 3.24. The van der Waals surface area contributed by atoms with Crippen molar-refractivity contribution in [2.75, 3.05) is 12.4 Å². The molecule has 0 aliphatic heterocycles. The summed E-state index contributed by atoms with van der Waals surface area (Å²) in [6, 6.07) is 7.58. The molecule has 1 N–H and O–H groups in total. The number of ether oxygens (including phenoxy) is 1. The third kappa shape index (κ3) is 3.74. The maximum absolute atomic E-state index is 11.0. The van der Waals surface area contributed by atoms with Gasteiger partial charge in [0.2, 0.25) is 0 Å². The van der Waals surface area contributed by atoms with Crippen LogP contribution in [0.3, 0.4) is 0 Å². The molecule has 2 rings (SSSR count). The fourth-order valence-corrected chi connectivity index (χ4v) is 1.95. The van der Waals surface area contributed by atoms with E-state index in [2.05, 4.69) is 10.3 Å². The quantitative estimate of drug-likeness (QED) is 0.665. The van der Waals surface area contributed by atoms with E-state index in [4.69, 9.17) is 27.9 Å². The largest absolute Gasteiger partial charge is 0.480 e. The lowest BCUT2D eigenvalue weighted by Gasteiger charge is -2.09. The molecule has 0 radical (unpaired) electrons. The summed E-state index contributed by atoms with van der Waals surface area (Å²) in [6.45, 7) is 0.0107. The van der Waals surface area contributed by atoms with Crippen molar-refractivity contribution in [1.82, 2.24) is 4.98 Å². The van der Waals surface area contributed by atoms with Gasteiger partial charge in [-0.25, -0.2) is 4.98 Å². The normalized spacial score (nSPS) is 10.2. The zero-order valence-corrected chi connectivity index (χ0v) is 12.5. The minimum absolute atomic E-state index is 0.0107. The van der Waals surface area contributed by atoms with E-state index in [-0.39, 0.29) is 23.1 Å². The Balaban J connectivity index is 2.22. The smallest absolute Gasteiger partial charge is 0.312 e. The molecule has 1 heterocycles. The molecule has 0 aliphatic rings. The van der Waals surface area contributed by atoms with Crippen molar-refractivity contribution in [2.24, 2.45) is 0 Å². The first kappa shape index (κ1) is 15.3. The number of anilines is 1. The average molecular weight is 328 g/mol. The molecule has 0 fully saturated rings. The van der Waals surface area contributed by atoms with Gasteiger partial charge in [-0.3, -0.25) is 10.1 Å². The van der Waals surface area contributed by atoms with Crippen LogP contribution >= 0.6 is 23.2 Å². The highest BCUT2D eigenvalue weighted by molar-refractivity contribution is 6.31. The van der Waals surface area contributed by atoms with Crippen LogP contribution in [-0.4, -0.2) is 17.0 Å². The standard InChI is InChI=1S/C13H11Cl2N3O3/c1-16-13-5-3-9(15)10(17-13)7-21-12-4-2-8(14)6-11(12)18(19)20/h2-6H,7H2,1H3,(H,16,17). The summed E-state index contributed by atoms with van der Waals surface area (Å²) in [5.41, 5.74) is 0.274. The van der Waals surface area contributed by atoms with Crippen molar-refractivity contribution in [3.63, 3.8) is 0 Å². The van der Waals surface area contributed by atoms with Gasteiger partial charge in [0.05, 0.1) is 15.6 Å². The van der Waals surface area contributed by atoms with Crippen LogP contribution in [0, 0.1) is 10.1 Å². The van der Waals surface area contributed by atoms with Gasteiger partial charge in [0.25, 0.3) is 0 Å². The molecule has 6 nitrogen and oxygen atoms in total. The van der Waals surface area contributed by atoms with Crippen molar-refractivity contribution >= 4 is 34.7 Å². The van der Waals surface area contributed by atoms with E-state index in [9.17, 15) is 10.1 Å². The molecule has 0 saturated heterocycles. The van der Waals surface area contributed by atoms with E-state index in [0.717, 1.165) is 0 Å². The first-order chi connectivity index (χ1) is 10.0. The van der Waals surface area contributed by atoms with Gasteiger partial charge in [0.1, 0.15) is 12.4 Å². The summed E-state index contributed by atoms with van der Waals surface area (Å²) in [6.07, 6.45) is 0. The van der Waals surface area contributed by atoms with E-state index in [1.165, 1.54) is 18.2 Å². The molecule has 1 aromatic heterocycles. The van der Waals surface area contributed by atoms with Gasteiger partial charge in [-0.2, -0.15) is 0 Å². The molecule has 0 spiro atoms. The van der Waals surface area contributed by atoms with Gasteiger partial charge in [0, 0.05) is 18.1 Å². The number of nitro benzene ring substituents is 1. The molecule has 2 aromatic rings. The average Bonchev–Trinajstić information content (AvgIpc) is 2.47. The molecular weight excluding hydrogens is 317 g/mol. The lowest BCUT2D eigenvalue weighted by molar-refractivity contribution is -0.385. The first-order valence-electron chi connectivity index (χ1n) is 5.91. The van der Waals surface area contributed by atoms with Crippen LogP contribution in [0.1, 0.15) is 5.69 Å². The third-order valence-electron chi connectivity index (χ3n) is 2.66. The predicted octanol–water partition coefficient (Wildman–Crippen LogP) is 3.92. The van der Waals surface area contributed by atoms with Gasteiger partial charge in [-0.15, -0.1) is 0 Å². The Bertz CT molecular complexity index is 680. The highest BCUT2D eigenvalue weighted by atomic mass is 35.5. The van der Waals surface area contributed by atoms with Gasteiger partial charge < -0.3 is 10.1 Å². The van der Waals surface area contributed by atoms with Crippen LogP contribution in [0.4, 0.5) is 11.5 Å². The summed E-state index contributed by atoms with van der Waals surface area (Å²) in [7, 11) is 1.73. The van der Waals surface area contributed by atoms with Gasteiger partial charge >= 0.3 is 5.69 Å². The van der Waals surface area contributed by atoms with Gasteiger partial charge in [-0.1, -0.05) is 23.2 Å². The molecule has 0 atom stereocenters. The zero-order chi connectivity index (χ0) is 15.4. The summed E-state index contributed by atoms with van der Waals surface area (Å²) >= 11 is 11.8. The van der Waals surface area contributed by atoms with Crippen molar-refractivity contribution in [1.29, 1.82) is 0 Å². The number of hydrogen-bond donors (Lipinski definition) is 1. The second-order valence-electron chi connectivity index (χ2n) is 4.03. The molecule has 0 bridgehead atoms. The Kier molecular flexibility index (Phi) is 4.82. The topological polar surface area (TPSA) is 77.3 Å². The van der Waals surface area contributed by atoms with Crippen LogP contribution in [0.25, 0.3) is 0 Å². The number of hydrogen-bond acceptors (Lipinski definition) is 5. The fraction of sp³-hybridized carbons (Fsp3) is 0.154. The molecule has 8 heteroatoms. The van der Waals surface area contributed by atoms with Crippen molar-refractivity contribution in [3.8, 4) is 5.75 Å². The van der Waals surface area contributed by atoms with E-state index < -0.39 is 4.92 Å². The number of halogens is 2. The molecule has 0 amide bonds. The Morgan fingerprint density at radius 1 is 1.33 bits per heavy atom. The number of nitrogens with one attached hydrogen (secondary N) is 1. The number of nitro groups is 1. The Morgan fingerprint density at radius 3 is 2.76 bits per heavy atom. The summed E-state index contributed by atoms with van der Waals surface area (Å²) in [5, 5.41) is 14.5. The number of aromatic nitrogens is 1. The van der Waals surface area contributed by atoms with Gasteiger partial charge in [0.15, 0.2) is 5.75 Å². The second kappa shape index (κ2) is 6.60. The van der Waals surface area contributed by atoms with Crippen molar-refractivity contribution in [2.45, 2.75) is 6.61 Å². The SMILES string of the molecule is CNc1ccc(Cl)c(COc2ccc(Cl)cc2[N+](=O)[O-])n1. The molecule has 0 aliphatic carbocycles. The zero-order valence-electron chi connectivity index (χ0n) is 11.0. The Hall–Kier alpha value is -2.05. The molecular formula is C13H11Cl2N3O3. The van der Waals surface area contributed by atoms with E-state index in [1.54, 1.807) is 19.2 Å². The Labute approximate surface area is 130 Å². The van der Waals surface area contributed by atoms with Crippen LogP contribution < -0.4 is 10.1 Å². The molecule has 0 unspecified atom stereocenters. The number of nitrogens with zero attached hydrogens (tertiary/aromatic N) is 2. The number of pyridine rings is 1. The molecule has 0 saturated carbocycles. The minimum atomic E-state index is -0.555. The lowest BCUT2D eigenvalue weighted by Crippen LogP contribution is -2.03.